The number of rotatable bonds is 3. The number of morpholine rings is 1. The van der Waals surface area contributed by atoms with E-state index in [0.717, 1.165) is 12.1 Å². The highest BCUT2D eigenvalue weighted by Gasteiger charge is 2.30. The molecule has 6 nitrogen and oxygen atoms in total. The van der Waals surface area contributed by atoms with Crippen molar-refractivity contribution in [1.29, 1.82) is 0 Å². The molecule has 1 aromatic heterocycles. The highest BCUT2D eigenvalue weighted by atomic mass is 35.5. The third-order valence-corrected chi connectivity index (χ3v) is 3.95. The Bertz CT molecular complexity index is 756. The second-order valence-electron chi connectivity index (χ2n) is 5.29. The molecule has 1 aliphatic rings. The summed E-state index contributed by atoms with van der Waals surface area (Å²) in [6.45, 7) is 2.02. The molecular weight excluding hydrogens is 363 g/mol. The third-order valence-electron chi connectivity index (χ3n) is 3.60. The van der Waals surface area contributed by atoms with Crippen LogP contribution in [-0.4, -0.2) is 42.4 Å². The number of ether oxygens (including phenoxy) is 1. The summed E-state index contributed by atoms with van der Waals surface area (Å²) in [6.07, 6.45) is -4.44. The van der Waals surface area contributed by atoms with Crippen LogP contribution >= 0.6 is 11.6 Å². The Morgan fingerprint density at radius 2 is 1.84 bits per heavy atom. The van der Waals surface area contributed by atoms with E-state index >= 15 is 0 Å². The lowest BCUT2D eigenvalue weighted by Gasteiger charge is -2.26. The minimum atomic E-state index is -4.44. The minimum Gasteiger partial charge on any atom is -0.379 e. The fourth-order valence-corrected chi connectivity index (χ4v) is 2.55. The van der Waals surface area contributed by atoms with E-state index in [1.54, 1.807) is 5.01 Å². The van der Waals surface area contributed by atoms with Gasteiger partial charge < -0.3 is 9.26 Å². The fourth-order valence-electron chi connectivity index (χ4n) is 2.28. The number of hydrogen-bond acceptors (Lipinski definition) is 5. The predicted molar refractivity (Wildman–Crippen MR) is 81.8 cm³/mol. The summed E-state index contributed by atoms with van der Waals surface area (Å²) in [5.74, 6) is -0.531. The molecule has 1 aliphatic heterocycles. The SMILES string of the molecule is O=C(NN1CCOCC1)c1noc(-c2ccc(C(F)(F)F)cc2)c1Cl. The first kappa shape index (κ1) is 17.7. The first-order chi connectivity index (χ1) is 11.9. The van der Waals surface area contributed by atoms with Gasteiger partial charge in [0.05, 0.1) is 18.8 Å². The van der Waals surface area contributed by atoms with Crippen molar-refractivity contribution in [3.63, 3.8) is 0 Å². The molecule has 1 N–H and O–H groups in total. The van der Waals surface area contributed by atoms with Gasteiger partial charge in [0.15, 0.2) is 11.5 Å². The summed E-state index contributed by atoms with van der Waals surface area (Å²) in [6, 6.07) is 4.22. The molecule has 1 aromatic carbocycles. The van der Waals surface area contributed by atoms with Crippen LogP contribution in [0.4, 0.5) is 13.2 Å². The average molecular weight is 376 g/mol. The summed E-state index contributed by atoms with van der Waals surface area (Å²) >= 11 is 6.12. The van der Waals surface area contributed by atoms with Crippen molar-refractivity contribution in [2.45, 2.75) is 6.18 Å². The number of carbonyl (C=O) groups is 1. The van der Waals surface area contributed by atoms with Gasteiger partial charge in [-0.2, -0.15) is 13.2 Å². The summed E-state index contributed by atoms with van der Waals surface area (Å²) in [5, 5.41) is 5.23. The van der Waals surface area contributed by atoms with Crippen LogP contribution in [0, 0.1) is 0 Å². The van der Waals surface area contributed by atoms with Crippen molar-refractivity contribution in [3.05, 3.63) is 40.5 Å². The standard InChI is InChI=1S/C15H13ClF3N3O3/c16-11-12(14(23)20-22-5-7-24-8-6-22)21-25-13(11)9-1-3-10(4-2-9)15(17,18)19/h1-4H,5-8H2,(H,20,23). The van der Waals surface area contributed by atoms with E-state index in [0.29, 0.717) is 26.3 Å². The number of halogens is 4. The largest absolute Gasteiger partial charge is 0.416 e. The van der Waals surface area contributed by atoms with Gasteiger partial charge >= 0.3 is 6.18 Å². The maximum absolute atomic E-state index is 12.6. The summed E-state index contributed by atoms with van der Waals surface area (Å²) < 4.78 is 48.0. The molecule has 25 heavy (non-hydrogen) atoms. The highest BCUT2D eigenvalue weighted by molar-refractivity contribution is 6.35. The van der Waals surface area contributed by atoms with E-state index in [4.69, 9.17) is 20.9 Å². The van der Waals surface area contributed by atoms with Gasteiger partial charge in [-0.3, -0.25) is 10.2 Å². The molecule has 0 spiro atoms. The van der Waals surface area contributed by atoms with Crippen LogP contribution in [-0.2, 0) is 10.9 Å². The van der Waals surface area contributed by atoms with Crippen LogP contribution in [0.5, 0.6) is 0 Å². The van der Waals surface area contributed by atoms with Gasteiger partial charge in [-0.25, -0.2) is 5.01 Å². The Balaban J connectivity index is 1.77. The van der Waals surface area contributed by atoms with Crippen molar-refractivity contribution < 1.29 is 27.2 Å². The van der Waals surface area contributed by atoms with Gasteiger partial charge in [0.1, 0.15) is 5.02 Å². The van der Waals surface area contributed by atoms with Crippen LogP contribution in [0.3, 0.4) is 0 Å². The molecule has 1 fully saturated rings. The molecule has 2 heterocycles. The van der Waals surface area contributed by atoms with Crippen molar-refractivity contribution in [2.75, 3.05) is 26.3 Å². The van der Waals surface area contributed by atoms with E-state index in [-0.39, 0.29) is 22.0 Å². The number of benzene rings is 1. The van der Waals surface area contributed by atoms with Gasteiger partial charge in [-0.15, -0.1) is 0 Å². The molecule has 0 bridgehead atoms. The molecular formula is C15H13ClF3N3O3. The van der Waals surface area contributed by atoms with Crippen molar-refractivity contribution in [3.8, 4) is 11.3 Å². The molecule has 3 rings (SSSR count). The van der Waals surface area contributed by atoms with Crippen LogP contribution in [0.15, 0.2) is 28.8 Å². The number of carbonyl (C=O) groups excluding carboxylic acids is 1. The molecule has 0 atom stereocenters. The van der Waals surface area contributed by atoms with E-state index in [9.17, 15) is 18.0 Å². The number of hydrogen-bond donors (Lipinski definition) is 1. The normalized spacial score (nSPS) is 16.0. The minimum absolute atomic E-state index is 0.0301. The average Bonchev–Trinajstić information content (AvgIpc) is 2.97. The lowest BCUT2D eigenvalue weighted by Crippen LogP contribution is -2.48. The Morgan fingerprint density at radius 1 is 1.20 bits per heavy atom. The topological polar surface area (TPSA) is 67.6 Å². The van der Waals surface area contributed by atoms with Crippen molar-refractivity contribution >= 4 is 17.5 Å². The predicted octanol–water partition coefficient (Wildman–Crippen LogP) is 2.99. The fraction of sp³-hybridized carbons (Fsp3) is 0.333. The molecule has 134 valence electrons. The van der Waals surface area contributed by atoms with Crippen LogP contribution < -0.4 is 5.43 Å². The van der Waals surface area contributed by atoms with E-state index in [1.807, 2.05) is 0 Å². The number of aromatic nitrogens is 1. The lowest BCUT2D eigenvalue weighted by molar-refractivity contribution is -0.137. The number of hydrazine groups is 1. The molecule has 1 amide bonds. The van der Waals surface area contributed by atoms with Crippen molar-refractivity contribution in [2.24, 2.45) is 0 Å². The smallest absolute Gasteiger partial charge is 0.379 e. The molecule has 0 aliphatic carbocycles. The summed E-state index contributed by atoms with van der Waals surface area (Å²) in [5.41, 5.74) is 1.99. The molecule has 0 saturated carbocycles. The van der Waals surface area contributed by atoms with Gasteiger partial charge in [-0.05, 0) is 12.1 Å². The monoisotopic (exact) mass is 375 g/mol. The van der Waals surface area contributed by atoms with Gasteiger partial charge in [-0.1, -0.05) is 28.9 Å². The first-order valence-electron chi connectivity index (χ1n) is 7.33. The third kappa shape index (κ3) is 3.94. The number of amides is 1. The van der Waals surface area contributed by atoms with Crippen LogP contribution in [0.2, 0.25) is 5.02 Å². The zero-order chi connectivity index (χ0) is 18.0. The maximum Gasteiger partial charge on any atom is 0.416 e. The second kappa shape index (κ2) is 7.03. The first-order valence-corrected chi connectivity index (χ1v) is 7.70. The van der Waals surface area contributed by atoms with E-state index in [2.05, 4.69) is 10.6 Å². The van der Waals surface area contributed by atoms with Gasteiger partial charge in [0, 0.05) is 18.7 Å². The summed E-state index contributed by atoms with van der Waals surface area (Å²) in [7, 11) is 0. The number of nitrogens with zero attached hydrogens (tertiary/aromatic N) is 2. The summed E-state index contributed by atoms with van der Waals surface area (Å²) in [4.78, 5) is 12.2. The Morgan fingerprint density at radius 3 is 2.44 bits per heavy atom. The number of nitrogens with one attached hydrogen (secondary N) is 1. The zero-order valence-electron chi connectivity index (χ0n) is 12.8. The molecule has 0 radical (unpaired) electrons. The van der Waals surface area contributed by atoms with Crippen LogP contribution in [0.25, 0.3) is 11.3 Å². The molecule has 10 heteroatoms. The highest BCUT2D eigenvalue weighted by Crippen LogP contribution is 2.34. The Labute approximate surface area is 145 Å². The van der Waals surface area contributed by atoms with Gasteiger partial charge in [0.2, 0.25) is 0 Å². The zero-order valence-corrected chi connectivity index (χ0v) is 13.5. The molecule has 2 aromatic rings. The second-order valence-corrected chi connectivity index (χ2v) is 5.67. The van der Waals surface area contributed by atoms with E-state index < -0.39 is 17.6 Å². The van der Waals surface area contributed by atoms with Crippen LogP contribution in [0.1, 0.15) is 16.1 Å². The van der Waals surface area contributed by atoms with E-state index in [1.165, 1.54) is 12.1 Å². The molecule has 1 saturated heterocycles. The quantitative estimate of drug-likeness (QED) is 0.893. The number of alkyl halides is 3. The maximum atomic E-state index is 12.6. The van der Waals surface area contributed by atoms with Crippen molar-refractivity contribution in [1.82, 2.24) is 15.6 Å². The lowest BCUT2D eigenvalue weighted by atomic mass is 10.1. The van der Waals surface area contributed by atoms with Gasteiger partial charge in [0.25, 0.3) is 5.91 Å². The molecule has 0 unspecified atom stereocenters. The Kier molecular flexibility index (Phi) is 4.98. The Hall–Kier alpha value is -2.10.